The third-order valence-electron chi connectivity index (χ3n) is 4.99. The molecule has 0 bridgehead atoms. The predicted molar refractivity (Wildman–Crippen MR) is 103 cm³/mol. The Kier molecular flexibility index (Phi) is 5.43. The van der Waals surface area contributed by atoms with Gasteiger partial charge in [0.15, 0.2) is 0 Å². The lowest BCUT2D eigenvalue weighted by Gasteiger charge is -2.33. The molecule has 0 aliphatic carbocycles. The molecule has 1 aliphatic heterocycles. The van der Waals surface area contributed by atoms with E-state index < -0.39 is 23.8 Å². The van der Waals surface area contributed by atoms with Crippen LogP contribution in [0.1, 0.15) is 36.8 Å². The highest BCUT2D eigenvalue weighted by molar-refractivity contribution is 5.89. The molecule has 2 amide bonds. The molecular weight excluding hydrogens is 397 g/mol. The summed E-state index contributed by atoms with van der Waals surface area (Å²) in [7, 11) is 0. The molecule has 0 radical (unpaired) electrons. The van der Waals surface area contributed by atoms with E-state index in [0.717, 1.165) is 30.5 Å². The minimum absolute atomic E-state index is 0.285. The number of anilines is 1. The van der Waals surface area contributed by atoms with Crippen molar-refractivity contribution >= 4 is 11.7 Å². The average molecular weight is 416 g/mol. The second-order valence-electron chi connectivity index (χ2n) is 7.03. The van der Waals surface area contributed by atoms with Crippen LogP contribution in [-0.2, 0) is 6.18 Å². The van der Waals surface area contributed by atoms with Crippen molar-refractivity contribution in [2.45, 2.75) is 31.5 Å². The Balaban J connectivity index is 1.50. The van der Waals surface area contributed by atoms with Crippen LogP contribution in [0.5, 0.6) is 0 Å². The summed E-state index contributed by atoms with van der Waals surface area (Å²) in [6.07, 6.45) is -2.04. The molecule has 1 atom stereocenters. The maximum Gasteiger partial charge on any atom is 0.416 e. The fraction of sp³-hybridized carbons (Fsp3) is 0.286. The molecule has 9 heteroatoms. The van der Waals surface area contributed by atoms with Gasteiger partial charge in [-0.25, -0.2) is 4.79 Å². The van der Waals surface area contributed by atoms with Gasteiger partial charge in [0.25, 0.3) is 0 Å². The van der Waals surface area contributed by atoms with Crippen molar-refractivity contribution in [3.8, 4) is 11.4 Å². The Labute approximate surface area is 170 Å². The zero-order valence-corrected chi connectivity index (χ0v) is 15.9. The van der Waals surface area contributed by atoms with Gasteiger partial charge in [-0.1, -0.05) is 35.5 Å². The predicted octanol–water partition coefficient (Wildman–Crippen LogP) is 5.51. The van der Waals surface area contributed by atoms with Crippen molar-refractivity contribution in [2.24, 2.45) is 0 Å². The molecule has 4 rings (SSSR count). The van der Waals surface area contributed by atoms with E-state index in [1.165, 1.54) is 12.1 Å². The van der Waals surface area contributed by atoms with E-state index >= 15 is 0 Å². The molecule has 1 aliphatic rings. The highest BCUT2D eigenvalue weighted by Gasteiger charge is 2.33. The van der Waals surface area contributed by atoms with Crippen molar-refractivity contribution < 1.29 is 22.5 Å². The molecule has 156 valence electrons. The first-order valence-corrected chi connectivity index (χ1v) is 9.56. The number of urea groups is 1. The standard InChI is InChI=1S/C21H19F3N4O2/c22-21(23,24)15-9-11-16(12-10-15)25-20(29)28-13-5-4-8-17(28)19-26-18(27-30-19)14-6-2-1-3-7-14/h1-3,6-7,9-12,17H,4-5,8,13H2,(H,25,29). The molecule has 1 fully saturated rings. The van der Waals surface area contributed by atoms with E-state index in [1.807, 2.05) is 30.3 Å². The number of hydrogen-bond acceptors (Lipinski definition) is 4. The van der Waals surface area contributed by atoms with Crippen LogP contribution in [0.4, 0.5) is 23.7 Å². The molecule has 6 nitrogen and oxygen atoms in total. The summed E-state index contributed by atoms with van der Waals surface area (Å²) in [5, 5.41) is 6.68. The topological polar surface area (TPSA) is 71.3 Å². The van der Waals surface area contributed by atoms with Crippen molar-refractivity contribution in [3.63, 3.8) is 0 Å². The lowest BCUT2D eigenvalue weighted by atomic mass is 10.0. The Morgan fingerprint density at radius 1 is 1.07 bits per heavy atom. The number of piperidine rings is 1. The van der Waals surface area contributed by atoms with Crippen LogP contribution >= 0.6 is 0 Å². The lowest BCUT2D eigenvalue weighted by molar-refractivity contribution is -0.137. The number of rotatable bonds is 3. The number of halogens is 3. The number of amides is 2. The van der Waals surface area contributed by atoms with Crippen molar-refractivity contribution in [1.29, 1.82) is 0 Å². The van der Waals surface area contributed by atoms with Crippen molar-refractivity contribution in [2.75, 3.05) is 11.9 Å². The first kappa shape index (κ1) is 19.9. The Morgan fingerprint density at radius 2 is 1.80 bits per heavy atom. The summed E-state index contributed by atoms with van der Waals surface area (Å²) in [5.41, 5.74) is 0.326. The van der Waals surface area contributed by atoms with Crippen LogP contribution in [0.25, 0.3) is 11.4 Å². The van der Waals surface area contributed by atoms with Gasteiger partial charge in [-0.05, 0) is 43.5 Å². The van der Waals surface area contributed by atoms with E-state index in [0.29, 0.717) is 24.7 Å². The lowest BCUT2D eigenvalue weighted by Crippen LogP contribution is -2.41. The van der Waals surface area contributed by atoms with E-state index in [1.54, 1.807) is 4.90 Å². The summed E-state index contributed by atoms with van der Waals surface area (Å²) in [4.78, 5) is 18.9. The van der Waals surface area contributed by atoms with Gasteiger partial charge < -0.3 is 14.7 Å². The molecule has 2 aromatic carbocycles. The van der Waals surface area contributed by atoms with Crippen molar-refractivity contribution in [1.82, 2.24) is 15.0 Å². The maximum absolute atomic E-state index is 12.8. The van der Waals surface area contributed by atoms with E-state index in [2.05, 4.69) is 15.5 Å². The van der Waals surface area contributed by atoms with Gasteiger partial charge in [0, 0.05) is 17.8 Å². The van der Waals surface area contributed by atoms with Gasteiger partial charge in [0.2, 0.25) is 11.7 Å². The van der Waals surface area contributed by atoms with Crippen LogP contribution < -0.4 is 5.32 Å². The van der Waals surface area contributed by atoms with E-state index in [9.17, 15) is 18.0 Å². The smallest absolute Gasteiger partial charge is 0.337 e. The quantitative estimate of drug-likeness (QED) is 0.611. The average Bonchev–Trinajstić information content (AvgIpc) is 3.24. The highest BCUT2D eigenvalue weighted by Crippen LogP contribution is 2.33. The molecule has 2 heterocycles. The van der Waals surface area contributed by atoms with Crippen LogP contribution in [0, 0.1) is 0 Å². The number of carbonyl (C=O) groups excluding carboxylic acids is 1. The first-order valence-electron chi connectivity index (χ1n) is 9.56. The fourth-order valence-corrected chi connectivity index (χ4v) is 3.44. The Bertz CT molecular complexity index is 1000. The molecule has 1 unspecified atom stereocenters. The number of likely N-dealkylation sites (tertiary alicyclic amines) is 1. The summed E-state index contributed by atoms with van der Waals surface area (Å²) in [5.74, 6) is 0.787. The second kappa shape index (κ2) is 8.17. The molecule has 3 aromatic rings. The van der Waals surface area contributed by atoms with Gasteiger partial charge >= 0.3 is 12.2 Å². The van der Waals surface area contributed by atoms with Gasteiger partial charge in [0.1, 0.15) is 6.04 Å². The van der Waals surface area contributed by atoms with Crippen LogP contribution in [0.3, 0.4) is 0 Å². The Hall–Kier alpha value is -3.36. The third kappa shape index (κ3) is 4.29. The van der Waals surface area contributed by atoms with Crippen LogP contribution in [-0.4, -0.2) is 27.6 Å². The number of aromatic nitrogens is 2. The van der Waals surface area contributed by atoms with Gasteiger partial charge in [-0.3, -0.25) is 0 Å². The number of alkyl halides is 3. The number of nitrogens with one attached hydrogen (secondary N) is 1. The molecule has 30 heavy (non-hydrogen) atoms. The molecule has 1 N–H and O–H groups in total. The second-order valence-corrected chi connectivity index (χ2v) is 7.03. The molecule has 0 saturated carbocycles. The molecule has 1 saturated heterocycles. The summed E-state index contributed by atoms with van der Waals surface area (Å²) >= 11 is 0. The monoisotopic (exact) mass is 416 g/mol. The van der Waals surface area contributed by atoms with Crippen molar-refractivity contribution in [3.05, 3.63) is 66.1 Å². The molecular formula is C21H19F3N4O2. The van der Waals surface area contributed by atoms with Gasteiger partial charge in [-0.15, -0.1) is 0 Å². The number of carbonyl (C=O) groups is 1. The Morgan fingerprint density at radius 3 is 2.50 bits per heavy atom. The normalized spacial score (nSPS) is 17.0. The number of benzene rings is 2. The minimum Gasteiger partial charge on any atom is -0.337 e. The molecule has 0 spiro atoms. The largest absolute Gasteiger partial charge is 0.416 e. The third-order valence-corrected chi connectivity index (χ3v) is 4.99. The zero-order valence-electron chi connectivity index (χ0n) is 15.9. The highest BCUT2D eigenvalue weighted by atomic mass is 19.4. The van der Waals surface area contributed by atoms with Gasteiger partial charge in [0.05, 0.1) is 5.56 Å². The van der Waals surface area contributed by atoms with E-state index in [4.69, 9.17) is 4.52 Å². The first-order chi connectivity index (χ1) is 14.4. The zero-order chi connectivity index (χ0) is 21.1. The number of hydrogen-bond donors (Lipinski definition) is 1. The summed E-state index contributed by atoms with van der Waals surface area (Å²) in [6, 6.07) is 12.9. The molecule has 1 aromatic heterocycles. The SMILES string of the molecule is O=C(Nc1ccc(C(F)(F)F)cc1)N1CCCCC1c1nc(-c2ccccc2)no1. The van der Waals surface area contributed by atoms with Crippen LogP contribution in [0.2, 0.25) is 0 Å². The van der Waals surface area contributed by atoms with Crippen LogP contribution in [0.15, 0.2) is 59.1 Å². The number of nitrogens with zero attached hydrogens (tertiary/aromatic N) is 3. The summed E-state index contributed by atoms with van der Waals surface area (Å²) in [6.45, 7) is 0.486. The maximum atomic E-state index is 12.8. The fourth-order valence-electron chi connectivity index (χ4n) is 3.44. The van der Waals surface area contributed by atoms with E-state index in [-0.39, 0.29) is 5.69 Å². The van der Waals surface area contributed by atoms with Gasteiger partial charge in [-0.2, -0.15) is 18.2 Å². The summed E-state index contributed by atoms with van der Waals surface area (Å²) < 4.78 is 43.6. The minimum atomic E-state index is -4.42.